The molecule has 21 heavy (non-hydrogen) atoms. The second-order valence-corrected chi connectivity index (χ2v) is 5.25. The molecule has 0 aliphatic carbocycles. The van der Waals surface area contributed by atoms with Crippen LogP contribution in [0.25, 0.3) is 5.69 Å². The van der Waals surface area contributed by atoms with Crippen molar-refractivity contribution in [3.63, 3.8) is 0 Å². The summed E-state index contributed by atoms with van der Waals surface area (Å²) in [6, 6.07) is 7.64. The van der Waals surface area contributed by atoms with Crippen LogP contribution in [0.4, 0.5) is 0 Å². The van der Waals surface area contributed by atoms with E-state index in [-0.39, 0.29) is 5.91 Å². The first-order valence-electron chi connectivity index (χ1n) is 7.19. The van der Waals surface area contributed by atoms with Crippen LogP contribution >= 0.6 is 0 Å². The Morgan fingerprint density at radius 2 is 1.86 bits per heavy atom. The van der Waals surface area contributed by atoms with E-state index in [0.717, 1.165) is 43.1 Å². The van der Waals surface area contributed by atoms with Gasteiger partial charge in [0.1, 0.15) is 5.75 Å². The molecule has 1 fully saturated rings. The van der Waals surface area contributed by atoms with Crippen LogP contribution in [0.2, 0.25) is 0 Å². The fraction of sp³-hybridized carbons (Fsp3) is 0.375. The lowest BCUT2D eigenvalue weighted by Gasteiger charge is -2.14. The Bertz CT molecular complexity index is 640. The van der Waals surface area contributed by atoms with E-state index in [4.69, 9.17) is 4.74 Å². The predicted octanol–water partition coefficient (Wildman–Crippen LogP) is 2.43. The minimum absolute atomic E-state index is 0.0877. The smallest absolute Gasteiger partial charge is 0.257 e. The first kappa shape index (κ1) is 13.7. The summed E-state index contributed by atoms with van der Waals surface area (Å²) in [5.74, 6) is 0.890. The zero-order valence-electron chi connectivity index (χ0n) is 12.4. The Morgan fingerprint density at radius 3 is 2.48 bits per heavy atom. The number of methoxy groups -OCH3 is 1. The van der Waals surface area contributed by atoms with Gasteiger partial charge in [0.15, 0.2) is 0 Å². The van der Waals surface area contributed by atoms with Crippen molar-refractivity contribution >= 4 is 5.91 Å². The van der Waals surface area contributed by atoms with Gasteiger partial charge in [-0.05, 0) is 44.0 Å². The van der Waals surface area contributed by atoms with Crippen molar-refractivity contribution in [3.8, 4) is 11.4 Å². The third kappa shape index (κ3) is 2.51. The number of hydrogen-bond acceptors (Lipinski definition) is 3. The highest BCUT2D eigenvalue weighted by molar-refractivity contribution is 5.95. The van der Waals surface area contributed by atoms with Gasteiger partial charge in [0.25, 0.3) is 5.91 Å². The van der Waals surface area contributed by atoms with E-state index in [0.29, 0.717) is 5.56 Å². The Kier molecular flexibility index (Phi) is 3.64. The SMILES string of the molecule is COc1ccc(-n2ncc(C(=O)N3CCCC3)c2C)cc1. The molecule has 0 bridgehead atoms. The highest BCUT2D eigenvalue weighted by Gasteiger charge is 2.23. The van der Waals surface area contributed by atoms with Gasteiger partial charge in [-0.1, -0.05) is 0 Å². The molecule has 110 valence electrons. The topological polar surface area (TPSA) is 47.4 Å². The van der Waals surface area contributed by atoms with Gasteiger partial charge >= 0.3 is 0 Å². The molecule has 1 aliphatic heterocycles. The highest BCUT2D eigenvalue weighted by Crippen LogP contribution is 2.20. The van der Waals surface area contributed by atoms with Crippen LogP contribution in [-0.4, -0.2) is 40.8 Å². The number of benzene rings is 1. The molecule has 3 rings (SSSR count). The maximum absolute atomic E-state index is 12.5. The number of rotatable bonds is 3. The van der Waals surface area contributed by atoms with Crippen LogP contribution in [0.15, 0.2) is 30.5 Å². The van der Waals surface area contributed by atoms with E-state index in [1.807, 2.05) is 36.1 Å². The Balaban J connectivity index is 1.89. The molecule has 1 aliphatic rings. The summed E-state index contributed by atoms with van der Waals surface area (Å²) in [7, 11) is 1.64. The van der Waals surface area contributed by atoms with E-state index in [1.165, 1.54) is 0 Å². The van der Waals surface area contributed by atoms with Gasteiger partial charge in [-0.25, -0.2) is 4.68 Å². The normalized spacial score (nSPS) is 14.5. The van der Waals surface area contributed by atoms with E-state index in [9.17, 15) is 4.79 Å². The summed E-state index contributed by atoms with van der Waals surface area (Å²) in [5.41, 5.74) is 2.48. The predicted molar refractivity (Wildman–Crippen MR) is 80.0 cm³/mol. The summed E-state index contributed by atoms with van der Waals surface area (Å²) in [4.78, 5) is 14.4. The van der Waals surface area contributed by atoms with Crippen molar-refractivity contribution in [3.05, 3.63) is 41.7 Å². The lowest BCUT2D eigenvalue weighted by Crippen LogP contribution is -2.27. The second-order valence-electron chi connectivity index (χ2n) is 5.25. The fourth-order valence-corrected chi connectivity index (χ4v) is 2.69. The molecule has 1 aromatic heterocycles. The molecule has 0 atom stereocenters. The summed E-state index contributed by atoms with van der Waals surface area (Å²) in [5, 5.41) is 4.36. The summed E-state index contributed by atoms with van der Waals surface area (Å²) in [6.07, 6.45) is 3.86. The van der Waals surface area contributed by atoms with E-state index in [2.05, 4.69) is 5.10 Å². The van der Waals surface area contributed by atoms with Crippen molar-refractivity contribution in [2.45, 2.75) is 19.8 Å². The number of carbonyl (C=O) groups excluding carboxylic acids is 1. The lowest BCUT2D eigenvalue weighted by molar-refractivity contribution is 0.0792. The number of ether oxygens (including phenoxy) is 1. The number of nitrogens with zero attached hydrogens (tertiary/aromatic N) is 3. The van der Waals surface area contributed by atoms with Crippen LogP contribution in [0.1, 0.15) is 28.9 Å². The van der Waals surface area contributed by atoms with Crippen LogP contribution in [0.5, 0.6) is 5.75 Å². The summed E-state index contributed by atoms with van der Waals surface area (Å²) in [6.45, 7) is 3.64. The van der Waals surface area contributed by atoms with Gasteiger partial charge in [-0.2, -0.15) is 5.10 Å². The first-order valence-corrected chi connectivity index (χ1v) is 7.19. The van der Waals surface area contributed by atoms with Gasteiger partial charge in [0.05, 0.1) is 30.3 Å². The van der Waals surface area contributed by atoms with Crippen LogP contribution in [-0.2, 0) is 0 Å². The molecule has 0 N–H and O–H groups in total. The zero-order chi connectivity index (χ0) is 14.8. The molecule has 0 spiro atoms. The van der Waals surface area contributed by atoms with Crippen molar-refractivity contribution in [1.82, 2.24) is 14.7 Å². The van der Waals surface area contributed by atoms with Gasteiger partial charge in [0.2, 0.25) is 0 Å². The lowest BCUT2D eigenvalue weighted by atomic mass is 10.2. The molecule has 5 heteroatoms. The molecule has 2 aromatic rings. The number of amides is 1. The Labute approximate surface area is 124 Å². The van der Waals surface area contributed by atoms with E-state index < -0.39 is 0 Å². The quantitative estimate of drug-likeness (QED) is 0.870. The molecular formula is C16H19N3O2. The number of aromatic nitrogens is 2. The average Bonchev–Trinajstić information content (AvgIpc) is 3.16. The van der Waals surface area contributed by atoms with Gasteiger partial charge in [-0.3, -0.25) is 4.79 Å². The molecule has 0 saturated carbocycles. The summed E-state index contributed by atoms with van der Waals surface area (Å²) >= 11 is 0. The van der Waals surface area contributed by atoms with Gasteiger partial charge < -0.3 is 9.64 Å². The van der Waals surface area contributed by atoms with Crippen molar-refractivity contribution in [2.24, 2.45) is 0 Å². The Hall–Kier alpha value is -2.30. The summed E-state index contributed by atoms with van der Waals surface area (Å²) < 4.78 is 6.95. The molecule has 0 unspecified atom stereocenters. The average molecular weight is 285 g/mol. The molecule has 1 saturated heterocycles. The molecule has 1 amide bonds. The van der Waals surface area contributed by atoms with Crippen molar-refractivity contribution < 1.29 is 9.53 Å². The van der Waals surface area contributed by atoms with Crippen molar-refractivity contribution in [1.29, 1.82) is 0 Å². The zero-order valence-corrected chi connectivity index (χ0v) is 12.4. The Morgan fingerprint density at radius 1 is 1.19 bits per heavy atom. The minimum atomic E-state index is 0.0877. The molecular weight excluding hydrogens is 266 g/mol. The van der Waals surface area contributed by atoms with Gasteiger partial charge in [-0.15, -0.1) is 0 Å². The monoisotopic (exact) mass is 285 g/mol. The molecule has 2 heterocycles. The fourth-order valence-electron chi connectivity index (χ4n) is 2.69. The molecule has 5 nitrogen and oxygen atoms in total. The standard InChI is InChI=1S/C16H19N3O2/c1-12-15(16(20)18-9-3-4-10-18)11-17-19(12)13-5-7-14(21-2)8-6-13/h5-8,11H,3-4,9-10H2,1-2H3. The van der Waals surface area contributed by atoms with Crippen LogP contribution < -0.4 is 4.74 Å². The van der Waals surface area contributed by atoms with Crippen LogP contribution in [0.3, 0.4) is 0 Å². The largest absolute Gasteiger partial charge is 0.497 e. The number of hydrogen-bond donors (Lipinski definition) is 0. The minimum Gasteiger partial charge on any atom is -0.497 e. The van der Waals surface area contributed by atoms with E-state index >= 15 is 0 Å². The number of carbonyl (C=O) groups is 1. The maximum atomic E-state index is 12.5. The third-order valence-corrected chi connectivity index (χ3v) is 3.95. The van der Waals surface area contributed by atoms with E-state index in [1.54, 1.807) is 18.0 Å². The van der Waals surface area contributed by atoms with Crippen molar-refractivity contribution in [2.75, 3.05) is 20.2 Å². The number of likely N-dealkylation sites (tertiary alicyclic amines) is 1. The first-order chi connectivity index (χ1) is 10.2. The maximum Gasteiger partial charge on any atom is 0.257 e. The highest BCUT2D eigenvalue weighted by atomic mass is 16.5. The molecule has 0 radical (unpaired) electrons. The van der Waals surface area contributed by atoms with Gasteiger partial charge in [0, 0.05) is 13.1 Å². The third-order valence-electron chi connectivity index (χ3n) is 3.95. The molecule has 1 aromatic carbocycles. The van der Waals surface area contributed by atoms with Crippen LogP contribution in [0, 0.1) is 6.92 Å². The second kappa shape index (κ2) is 5.60.